The van der Waals surface area contributed by atoms with E-state index in [2.05, 4.69) is 0 Å². The molecule has 5 heteroatoms. The Morgan fingerprint density at radius 2 is 1.05 bits per heavy atom. The average Bonchev–Trinajstić information content (AvgIpc) is 2.49. The van der Waals surface area contributed by atoms with E-state index in [0.717, 1.165) is 0 Å². The minimum Gasteiger partial charge on any atom is -0.477 e. The van der Waals surface area contributed by atoms with Gasteiger partial charge in [0.2, 0.25) is 0 Å². The lowest BCUT2D eigenvalue weighted by atomic mass is 10.2. The number of carbonyl (C=O) groups excluding carboxylic acids is 2. The third-order valence-corrected chi connectivity index (χ3v) is 2.83. The molecule has 0 N–H and O–H groups in total. The van der Waals surface area contributed by atoms with E-state index < -0.39 is 21.9 Å². The van der Waals surface area contributed by atoms with E-state index in [-0.39, 0.29) is 0 Å². The lowest BCUT2D eigenvalue weighted by molar-refractivity contribution is 0.0632. The van der Waals surface area contributed by atoms with Crippen molar-refractivity contribution < 1.29 is 18.4 Å². The van der Waals surface area contributed by atoms with Crippen LogP contribution >= 0.6 is 0 Å². The van der Waals surface area contributed by atoms with Gasteiger partial charge in [-0.25, -0.2) is 9.59 Å². The molecule has 0 spiro atoms. The van der Waals surface area contributed by atoms with Crippen molar-refractivity contribution in [2.45, 2.75) is 0 Å². The van der Waals surface area contributed by atoms with Gasteiger partial charge in [0.1, 0.15) is 0 Å². The van der Waals surface area contributed by atoms with Crippen LogP contribution in [-0.2, 0) is 8.85 Å². The first-order valence-corrected chi connectivity index (χ1v) is 6.36. The van der Waals surface area contributed by atoms with Crippen molar-refractivity contribution in [2.24, 2.45) is 0 Å². The van der Waals surface area contributed by atoms with Crippen molar-refractivity contribution in [3.8, 4) is 0 Å². The molecule has 0 saturated carbocycles. The second kappa shape index (κ2) is 6.51. The topological polar surface area (TPSA) is 52.6 Å². The molecule has 2 aromatic carbocycles. The third-order valence-electron chi connectivity index (χ3n) is 2.29. The quantitative estimate of drug-likeness (QED) is 0.799. The molecule has 0 aliphatic heterocycles. The van der Waals surface area contributed by atoms with Gasteiger partial charge >= 0.3 is 21.9 Å². The summed E-state index contributed by atoms with van der Waals surface area (Å²) in [5.74, 6) is -1.03. The number of hydrogen-bond acceptors (Lipinski definition) is 4. The minimum absolute atomic E-state index is 0.422. The van der Waals surface area contributed by atoms with Crippen LogP contribution in [0.2, 0.25) is 0 Å². The molecule has 0 aromatic heterocycles. The van der Waals surface area contributed by atoms with E-state index in [0.29, 0.717) is 11.1 Å². The SMILES string of the molecule is O=C(O[Si]OC(=O)c1ccccc1)c1ccccc1. The lowest BCUT2D eigenvalue weighted by Crippen LogP contribution is -2.16. The lowest BCUT2D eigenvalue weighted by Gasteiger charge is -2.03. The van der Waals surface area contributed by atoms with Crippen LogP contribution in [0.5, 0.6) is 0 Å². The van der Waals surface area contributed by atoms with E-state index in [9.17, 15) is 9.59 Å². The number of hydrogen-bond donors (Lipinski definition) is 0. The average molecular weight is 270 g/mol. The van der Waals surface area contributed by atoms with Crippen LogP contribution in [0.25, 0.3) is 0 Å². The largest absolute Gasteiger partial charge is 0.614 e. The fourth-order valence-electron chi connectivity index (χ4n) is 1.36. The first kappa shape index (κ1) is 13.0. The molecule has 19 heavy (non-hydrogen) atoms. The Kier molecular flexibility index (Phi) is 4.47. The van der Waals surface area contributed by atoms with Crippen LogP contribution in [0.3, 0.4) is 0 Å². The Bertz CT molecular complexity index is 503. The summed E-state index contributed by atoms with van der Waals surface area (Å²) in [6.45, 7) is 0. The zero-order valence-electron chi connectivity index (χ0n) is 9.91. The highest BCUT2D eigenvalue weighted by Gasteiger charge is 2.12. The van der Waals surface area contributed by atoms with Crippen LogP contribution in [0.1, 0.15) is 20.7 Å². The summed E-state index contributed by atoms with van der Waals surface area (Å²) in [6.07, 6.45) is 0. The van der Waals surface area contributed by atoms with Gasteiger partial charge in [0.15, 0.2) is 0 Å². The third kappa shape index (κ3) is 3.79. The van der Waals surface area contributed by atoms with E-state index in [1.807, 2.05) is 0 Å². The normalized spacial score (nSPS) is 9.68. The highest BCUT2D eigenvalue weighted by Crippen LogP contribution is 2.02. The summed E-state index contributed by atoms with van der Waals surface area (Å²) in [6, 6.07) is 17.1. The Labute approximate surface area is 113 Å². The van der Waals surface area contributed by atoms with Crippen LogP contribution in [0.4, 0.5) is 0 Å². The van der Waals surface area contributed by atoms with E-state index in [1.165, 1.54) is 0 Å². The second-order valence-corrected chi connectivity index (χ2v) is 4.17. The Balaban J connectivity index is 1.81. The zero-order valence-corrected chi connectivity index (χ0v) is 10.9. The molecule has 2 aromatic rings. The van der Waals surface area contributed by atoms with Crippen molar-refractivity contribution in [1.29, 1.82) is 0 Å². The molecule has 0 saturated heterocycles. The van der Waals surface area contributed by atoms with Crippen molar-refractivity contribution in [3.05, 3.63) is 71.8 Å². The van der Waals surface area contributed by atoms with Gasteiger partial charge in [-0.05, 0) is 24.3 Å². The van der Waals surface area contributed by atoms with E-state index in [1.54, 1.807) is 60.7 Å². The molecule has 2 radical (unpaired) electrons. The van der Waals surface area contributed by atoms with Gasteiger partial charge in [-0.3, -0.25) is 0 Å². The van der Waals surface area contributed by atoms with Crippen molar-refractivity contribution in [2.75, 3.05) is 0 Å². The maximum absolute atomic E-state index is 11.6. The molecule has 0 unspecified atom stereocenters. The Morgan fingerprint density at radius 3 is 1.42 bits per heavy atom. The van der Waals surface area contributed by atoms with Crippen molar-refractivity contribution in [3.63, 3.8) is 0 Å². The highest BCUT2D eigenvalue weighted by molar-refractivity contribution is 6.28. The fraction of sp³-hybridized carbons (Fsp3) is 0. The summed E-state index contributed by atoms with van der Waals surface area (Å²) in [5, 5.41) is 0. The van der Waals surface area contributed by atoms with Gasteiger partial charge in [0.05, 0.1) is 11.1 Å². The molecule has 0 fully saturated rings. The molecule has 4 nitrogen and oxygen atoms in total. The molecule has 0 amide bonds. The fourth-order valence-corrected chi connectivity index (χ4v) is 1.79. The smallest absolute Gasteiger partial charge is 0.477 e. The number of benzene rings is 2. The Hall–Kier alpha value is -2.40. The predicted octanol–water partition coefficient (Wildman–Crippen LogP) is 2.23. The first-order chi connectivity index (χ1) is 9.27. The molecule has 2 rings (SSSR count). The van der Waals surface area contributed by atoms with Crippen LogP contribution < -0.4 is 0 Å². The monoisotopic (exact) mass is 270 g/mol. The van der Waals surface area contributed by atoms with Crippen LogP contribution in [-0.4, -0.2) is 21.9 Å². The summed E-state index contributed by atoms with van der Waals surface area (Å²) in [4.78, 5) is 23.1. The molecule has 0 aliphatic rings. The van der Waals surface area contributed by atoms with Gasteiger partial charge in [0.25, 0.3) is 0 Å². The standard InChI is InChI=1S/C14H10O4Si/c15-13(11-7-3-1-4-8-11)17-19-18-14(16)12-9-5-2-6-10-12/h1-10H. The maximum Gasteiger partial charge on any atom is 0.614 e. The van der Waals surface area contributed by atoms with Crippen LogP contribution in [0.15, 0.2) is 60.7 Å². The minimum atomic E-state index is -0.655. The van der Waals surface area contributed by atoms with Gasteiger partial charge < -0.3 is 8.85 Å². The van der Waals surface area contributed by atoms with Gasteiger partial charge in [-0.15, -0.1) is 0 Å². The molecule has 0 heterocycles. The summed E-state index contributed by atoms with van der Waals surface area (Å²) in [5.41, 5.74) is 0.844. The molecule has 0 atom stereocenters. The van der Waals surface area contributed by atoms with E-state index in [4.69, 9.17) is 8.85 Å². The highest BCUT2D eigenvalue weighted by atomic mass is 28.3. The predicted molar refractivity (Wildman–Crippen MR) is 69.5 cm³/mol. The number of carbonyl (C=O) groups is 2. The molecule has 94 valence electrons. The number of rotatable bonds is 4. The summed E-state index contributed by atoms with van der Waals surface area (Å²) >= 11 is 0. The molecular formula is C14H10O4Si. The zero-order chi connectivity index (χ0) is 13.5. The van der Waals surface area contributed by atoms with Gasteiger partial charge in [-0.2, -0.15) is 0 Å². The molecule has 0 aliphatic carbocycles. The maximum atomic E-state index is 11.6. The van der Waals surface area contributed by atoms with Gasteiger partial charge in [-0.1, -0.05) is 36.4 Å². The molecular weight excluding hydrogens is 260 g/mol. The van der Waals surface area contributed by atoms with Crippen molar-refractivity contribution >= 4 is 21.9 Å². The van der Waals surface area contributed by atoms with Crippen molar-refractivity contribution in [1.82, 2.24) is 0 Å². The van der Waals surface area contributed by atoms with E-state index >= 15 is 0 Å². The van der Waals surface area contributed by atoms with Crippen LogP contribution in [0, 0.1) is 0 Å². The summed E-state index contributed by atoms with van der Waals surface area (Å²) < 4.78 is 9.73. The summed E-state index contributed by atoms with van der Waals surface area (Å²) in [7, 11) is -0.655. The van der Waals surface area contributed by atoms with Gasteiger partial charge in [0, 0.05) is 0 Å². The second-order valence-electron chi connectivity index (χ2n) is 3.59. The molecule has 0 bridgehead atoms. The Morgan fingerprint density at radius 1 is 0.684 bits per heavy atom. The first-order valence-electron chi connectivity index (χ1n) is 5.55.